The molecule has 0 aromatic rings. The van der Waals surface area contributed by atoms with Crippen LogP contribution >= 0.6 is 15.9 Å². The molecule has 0 rings (SSSR count). The SMILES string of the molecule is C[C@H](O)C(O)[C@H](Br)CCO. The quantitative estimate of drug-likeness (QED) is 0.570. The molecular formula is C6H13BrO3. The van der Waals surface area contributed by atoms with E-state index in [2.05, 4.69) is 15.9 Å². The molecule has 0 saturated heterocycles. The Hall–Kier alpha value is 0.360. The summed E-state index contributed by atoms with van der Waals surface area (Å²) in [7, 11) is 0. The van der Waals surface area contributed by atoms with E-state index < -0.39 is 12.2 Å². The predicted molar refractivity (Wildman–Crippen MR) is 42.1 cm³/mol. The van der Waals surface area contributed by atoms with E-state index in [1.165, 1.54) is 6.92 Å². The van der Waals surface area contributed by atoms with Crippen LogP contribution in [0.15, 0.2) is 0 Å². The third kappa shape index (κ3) is 3.51. The predicted octanol–water partition coefficient (Wildman–Crippen LogP) is -0.126. The van der Waals surface area contributed by atoms with E-state index in [-0.39, 0.29) is 11.4 Å². The Morgan fingerprint density at radius 2 is 1.90 bits per heavy atom. The minimum absolute atomic E-state index is 0.0136. The zero-order valence-electron chi connectivity index (χ0n) is 5.87. The minimum Gasteiger partial charge on any atom is -0.396 e. The molecule has 10 heavy (non-hydrogen) atoms. The maximum atomic E-state index is 9.12. The van der Waals surface area contributed by atoms with Crippen molar-refractivity contribution in [3.63, 3.8) is 0 Å². The molecule has 0 saturated carbocycles. The first-order valence-corrected chi connectivity index (χ1v) is 4.12. The summed E-state index contributed by atoms with van der Waals surface area (Å²) in [5.74, 6) is 0. The highest BCUT2D eigenvalue weighted by Crippen LogP contribution is 2.12. The van der Waals surface area contributed by atoms with Gasteiger partial charge in [-0.25, -0.2) is 0 Å². The lowest BCUT2D eigenvalue weighted by Gasteiger charge is -2.18. The first kappa shape index (κ1) is 10.4. The average molecular weight is 213 g/mol. The van der Waals surface area contributed by atoms with Crippen molar-refractivity contribution < 1.29 is 15.3 Å². The summed E-state index contributed by atoms with van der Waals surface area (Å²) < 4.78 is 0. The minimum atomic E-state index is -0.799. The molecule has 0 amide bonds. The fourth-order valence-electron chi connectivity index (χ4n) is 0.596. The number of halogens is 1. The molecule has 3 nitrogen and oxygen atoms in total. The van der Waals surface area contributed by atoms with Crippen molar-refractivity contribution in [2.45, 2.75) is 30.4 Å². The topological polar surface area (TPSA) is 60.7 Å². The van der Waals surface area contributed by atoms with Gasteiger partial charge in [-0.1, -0.05) is 15.9 Å². The second-order valence-corrected chi connectivity index (χ2v) is 3.44. The van der Waals surface area contributed by atoms with Gasteiger partial charge >= 0.3 is 0 Å². The Balaban J connectivity index is 3.58. The highest BCUT2D eigenvalue weighted by Gasteiger charge is 2.19. The van der Waals surface area contributed by atoms with Crippen LogP contribution in [0.25, 0.3) is 0 Å². The van der Waals surface area contributed by atoms with Gasteiger partial charge < -0.3 is 15.3 Å². The lowest BCUT2D eigenvalue weighted by atomic mass is 10.1. The van der Waals surface area contributed by atoms with Crippen molar-refractivity contribution in [1.82, 2.24) is 0 Å². The van der Waals surface area contributed by atoms with Crippen LogP contribution in [0.5, 0.6) is 0 Å². The Morgan fingerprint density at radius 3 is 2.20 bits per heavy atom. The van der Waals surface area contributed by atoms with Crippen molar-refractivity contribution in [3.8, 4) is 0 Å². The van der Waals surface area contributed by atoms with Gasteiger partial charge in [0, 0.05) is 11.4 Å². The second kappa shape index (κ2) is 5.07. The van der Waals surface area contributed by atoms with Gasteiger partial charge in [0.15, 0.2) is 0 Å². The van der Waals surface area contributed by atoms with Gasteiger partial charge in [0.05, 0.1) is 12.2 Å². The van der Waals surface area contributed by atoms with Crippen molar-refractivity contribution in [3.05, 3.63) is 0 Å². The van der Waals surface area contributed by atoms with Gasteiger partial charge in [-0.2, -0.15) is 0 Å². The molecule has 0 fully saturated rings. The average Bonchev–Trinajstić information content (AvgIpc) is 1.87. The summed E-state index contributed by atoms with van der Waals surface area (Å²) in [6.07, 6.45) is -1.10. The molecule has 0 heterocycles. The van der Waals surface area contributed by atoms with Gasteiger partial charge in [0.25, 0.3) is 0 Å². The van der Waals surface area contributed by atoms with E-state index in [9.17, 15) is 0 Å². The van der Waals surface area contributed by atoms with E-state index in [0.717, 1.165) is 0 Å². The van der Waals surface area contributed by atoms with E-state index >= 15 is 0 Å². The second-order valence-electron chi connectivity index (χ2n) is 2.26. The highest BCUT2D eigenvalue weighted by atomic mass is 79.9. The molecular weight excluding hydrogens is 200 g/mol. The Labute approximate surface area is 68.8 Å². The van der Waals surface area contributed by atoms with Gasteiger partial charge in [0.2, 0.25) is 0 Å². The van der Waals surface area contributed by atoms with Crippen molar-refractivity contribution in [2.75, 3.05) is 6.61 Å². The Bertz CT molecular complexity index is 87.1. The fourth-order valence-corrected chi connectivity index (χ4v) is 1.24. The van der Waals surface area contributed by atoms with Crippen LogP contribution in [0, 0.1) is 0 Å². The fraction of sp³-hybridized carbons (Fsp3) is 1.00. The van der Waals surface area contributed by atoms with Crippen molar-refractivity contribution in [1.29, 1.82) is 0 Å². The molecule has 3 N–H and O–H groups in total. The number of aliphatic hydroxyl groups excluding tert-OH is 3. The summed E-state index contributed by atoms with van der Waals surface area (Å²) in [5.41, 5.74) is 0. The van der Waals surface area contributed by atoms with Crippen molar-refractivity contribution in [2.24, 2.45) is 0 Å². The molecule has 0 aliphatic heterocycles. The van der Waals surface area contributed by atoms with Crippen LogP contribution < -0.4 is 0 Å². The molecule has 3 atom stereocenters. The van der Waals surface area contributed by atoms with Crippen LogP contribution in [-0.2, 0) is 0 Å². The first-order valence-electron chi connectivity index (χ1n) is 3.20. The first-order chi connectivity index (χ1) is 4.59. The Morgan fingerprint density at radius 1 is 1.40 bits per heavy atom. The molecule has 0 aliphatic carbocycles. The van der Waals surface area contributed by atoms with E-state index in [0.29, 0.717) is 6.42 Å². The maximum Gasteiger partial charge on any atom is 0.0921 e. The van der Waals surface area contributed by atoms with Gasteiger partial charge in [-0.3, -0.25) is 0 Å². The molecule has 4 heteroatoms. The summed E-state index contributed by atoms with van der Waals surface area (Å²) >= 11 is 3.13. The number of aliphatic hydroxyl groups is 3. The van der Waals surface area contributed by atoms with E-state index in [1.807, 2.05) is 0 Å². The third-order valence-electron chi connectivity index (χ3n) is 1.27. The van der Waals surface area contributed by atoms with E-state index in [1.54, 1.807) is 0 Å². The highest BCUT2D eigenvalue weighted by molar-refractivity contribution is 9.09. The standard InChI is InChI=1S/C6H13BrO3/c1-4(9)6(10)5(7)2-3-8/h4-6,8-10H,2-3H2,1H3/t4-,5+,6?/m0/s1. The summed E-state index contributed by atoms with van der Waals surface area (Å²) in [5, 5.41) is 26.4. The summed E-state index contributed by atoms with van der Waals surface area (Å²) in [6.45, 7) is 1.52. The Kier molecular flexibility index (Phi) is 5.25. The third-order valence-corrected chi connectivity index (χ3v) is 2.27. The maximum absolute atomic E-state index is 9.12. The van der Waals surface area contributed by atoms with Gasteiger partial charge in [-0.05, 0) is 13.3 Å². The molecule has 0 aromatic heterocycles. The molecule has 1 unspecified atom stereocenters. The molecule has 0 spiro atoms. The van der Waals surface area contributed by atoms with Crippen LogP contribution in [-0.4, -0.2) is 39.0 Å². The molecule has 62 valence electrons. The van der Waals surface area contributed by atoms with Crippen molar-refractivity contribution >= 4 is 15.9 Å². The molecule has 0 aliphatic rings. The number of hydrogen-bond acceptors (Lipinski definition) is 3. The molecule has 0 radical (unpaired) electrons. The van der Waals surface area contributed by atoms with Crippen LogP contribution in [0.2, 0.25) is 0 Å². The smallest absolute Gasteiger partial charge is 0.0921 e. The van der Waals surface area contributed by atoms with Crippen LogP contribution in [0.3, 0.4) is 0 Å². The normalized spacial score (nSPS) is 20.1. The summed E-state index contributed by atoms with van der Waals surface area (Å²) in [4.78, 5) is -0.225. The zero-order valence-corrected chi connectivity index (χ0v) is 7.45. The van der Waals surface area contributed by atoms with Crippen LogP contribution in [0.4, 0.5) is 0 Å². The van der Waals surface area contributed by atoms with E-state index in [4.69, 9.17) is 15.3 Å². The largest absolute Gasteiger partial charge is 0.396 e. The molecule has 0 aromatic carbocycles. The lowest BCUT2D eigenvalue weighted by Crippen LogP contribution is -2.32. The molecule has 0 bridgehead atoms. The monoisotopic (exact) mass is 212 g/mol. The number of rotatable bonds is 4. The van der Waals surface area contributed by atoms with Crippen LogP contribution in [0.1, 0.15) is 13.3 Å². The lowest BCUT2D eigenvalue weighted by molar-refractivity contribution is 0.0278. The number of hydrogen-bond donors (Lipinski definition) is 3. The summed E-state index contributed by atoms with van der Waals surface area (Å²) in [6, 6.07) is 0. The van der Waals surface area contributed by atoms with Gasteiger partial charge in [-0.15, -0.1) is 0 Å². The zero-order chi connectivity index (χ0) is 8.15. The number of alkyl halides is 1. The van der Waals surface area contributed by atoms with Gasteiger partial charge in [0.1, 0.15) is 0 Å².